The van der Waals surface area contributed by atoms with Crippen LogP contribution in [0.4, 0.5) is 0 Å². The molecule has 0 radical (unpaired) electrons. The molecule has 0 aromatic rings. The zero-order valence-electron chi connectivity index (χ0n) is 8.02. The van der Waals surface area contributed by atoms with Crippen LogP contribution in [0.2, 0.25) is 0 Å². The zero-order valence-corrected chi connectivity index (χ0v) is 8.02. The molecule has 0 saturated carbocycles. The first-order chi connectivity index (χ1) is 4.54. The van der Waals surface area contributed by atoms with Crippen LogP contribution in [-0.2, 0) is 0 Å². The van der Waals surface area contributed by atoms with Crippen molar-refractivity contribution in [3.05, 3.63) is 0 Å². The second-order valence-electron chi connectivity index (χ2n) is 3.38. The largest absolute Gasteiger partial charge is 0.396 e. The van der Waals surface area contributed by atoms with Gasteiger partial charge in [-0.05, 0) is 11.8 Å². The summed E-state index contributed by atoms with van der Waals surface area (Å²) in [7, 11) is 0. The van der Waals surface area contributed by atoms with Gasteiger partial charge in [0, 0.05) is 6.61 Å². The molecule has 0 aromatic carbocycles. The van der Waals surface area contributed by atoms with Gasteiger partial charge in [0.2, 0.25) is 0 Å². The summed E-state index contributed by atoms with van der Waals surface area (Å²) in [6.07, 6.45) is 1.31. The summed E-state index contributed by atoms with van der Waals surface area (Å²) in [4.78, 5) is 0. The molecule has 0 fully saturated rings. The highest BCUT2D eigenvalue weighted by Gasteiger charge is 1.81. The van der Waals surface area contributed by atoms with E-state index in [1.807, 2.05) is 13.8 Å². The standard InChI is InChI=1S/C5H12.C4H10O/c1-4-5(2)3;1-4(2)3-5/h5H,4H2,1-3H3;4-5H,3H2,1-2H3. The number of rotatable bonds is 2. The van der Waals surface area contributed by atoms with Gasteiger partial charge in [0.15, 0.2) is 0 Å². The Balaban J connectivity index is 0. The molecular weight excluding hydrogens is 124 g/mol. The van der Waals surface area contributed by atoms with Gasteiger partial charge < -0.3 is 5.11 Å². The van der Waals surface area contributed by atoms with Crippen molar-refractivity contribution < 1.29 is 5.11 Å². The highest BCUT2D eigenvalue weighted by atomic mass is 16.3. The lowest BCUT2D eigenvalue weighted by molar-refractivity contribution is 0.248. The lowest BCUT2D eigenvalue weighted by Crippen LogP contribution is -1.90. The second-order valence-corrected chi connectivity index (χ2v) is 3.38. The quantitative estimate of drug-likeness (QED) is 0.635. The number of aliphatic hydroxyl groups is 1. The minimum absolute atomic E-state index is 0.306. The molecule has 1 N–H and O–H groups in total. The number of hydrogen-bond acceptors (Lipinski definition) is 1. The third-order valence-electron chi connectivity index (χ3n) is 1.18. The molecule has 0 aliphatic rings. The van der Waals surface area contributed by atoms with Gasteiger partial charge in [-0.25, -0.2) is 0 Å². The van der Waals surface area contributed by atoms with Crippen LogP contribution < -0.4 is 0 Å². The monoisotopic (exact) mass is 146 g/mol. The van der Waals surface area contributed by atoms with Crippen LogP contribution >= 0.6 is 0 Å². The van der Waals surface area contributed by atoms with Crippen molar-refractivity contribution in [3.63, 3.8) is 0 Å². The van der Waals surface area contributed by atoms with E-state index in [1.165, 1.54) is 6.42 Å². The van der Waals surface area contributed by atoms with Gasteiger partial charge in [-0.3, -0.25) is 0 Å². The van der Waals surface area contributed by atoms with Crippen molar-refractivity contribution in [1.29, 1.82) is 0 Å². The summed E-state index contributed by atoms with van der Waals surface area (Å²) in [6.45, 7) is 10.9. The summed E-state index contributed by atoms with van der Waals surface area (Å²) in [5.41, 5.74) is 0. The fourth-order valence-electron chi connectivity index (χ4n) is 0. The molecule has 0 bridgehead atoms. The van der Waals surface area contributed by atoms with E-state index in [9.17, 15) is 0 Å². The van der Waals surface area contributed by atoms with Crippen LogP contribution in [0, 0.1) is 11.8 Å². The molecule has 0 aliphatic carbocycles. The van der Waals surface area contributed by atoms with E-state index in [-0.39, 0.29) is 0 Å². The summed E-state index contributed by atoms with van der Waals surface area (Å²) in [6, 6.07) is 0. The molecule has 1 nitrogen and oxygen atoms in total. The van der Waals surface area contributed by atoms with Gasteiger partial charge in [-0.2, -0.15) is 0 Å². The van der Waals surface area contributed by atoms with Gasteiger partial charge in [0.25, 0.3) is 0 Å². The van der Waals surface area contributed by atoms with E-state index in [0.29, 0.717) is 12.5 Å². The first-order valence-corrected chi connectivity index (χ1v) is 4.15. The molecule has 0 unspecified atom stereocenters. The van der Waals surface area contributed by atoms with Crippen LogP contribution in [-0.4, -0.2) is 11.7 Å². The van der Waals surface area contributed by atoms with Crippen molar-refractivity contribution in [3.8, 4) is 0 Å². The Labute approximate surface area is 65.5 Å². The first kappa shape index (κ1) is 12.6. The molecule has 0 amide bonds. The Morgan fingerprint density at radius 3 is 1.20 bits per heavy atom. The smallest absolute Gasteiger partial charge is 0.0453 e. The third-order valence-corrected chi connectivity index (χ3v) is 1.18. The highest BCUT2D eigenvalue weighted by Crippen LogP contribution is 1.93. The zero-order chi connectivity index (χ0) is 8.57. The third kappa shape index (κ3) is 24.6. The molecule has 64 valence electrons. The fraction of sp³-hybridized carbons (Fsp3) is 1.00. The van der Waals surface area contributed by atoms with Crippen molar-refractivity contribution in [2.75, 3.05) is 6.61 Å². The van der Waals surface area contributed by atoms with Crippen molar-refractivity contribution in [2.45, 2.75) is 41.0 Å². The molecule has 0 spiro atoms. The van der Waals surface area contributed by atoms with E-state index < -0.39 is 0 Å². The summed E-state index contributed by atoms with van der Waals surface area (Å²) in [5.74, 6) is 1.32. The van der Waals surface area contributed by atoms with Gasteiger partial charge in [0.1, 0.15) is 0 Å². The summed E-state index contributed by atoms with van der Waals surface area (Å²) < 4.78 is 0. The van der Waals surface area contributed by atoms with Crippen LogP contribution in [0.3, 0.4) is 0 Å². The summed E-state index contributed by atoms with van der Waals surface area (Å²) >= 11 is 0. The topological polar surface area (TPSA) is 20.2 Å². The second kappa shape index (κ2) is 8.96. The van der Waals surface area contributed by atoms with Crippen LogP contribution in [0.15, 0.2) is 0 Å². The number of aliphatic hydroxyl groups excluding tert-OH is 1. The Kier molecular flexibility index (Phi) is 11.3. The molecular formula is C9H22O. The Bertz CT molecular complexity index is 40.7. The van der Waals surface area contributed by atoms with E-state index in [1.54, 1.807) is 0 Å². The lowest BCUT2D eigenvalue weighted by atomic mass is 10.2. The Morgan fingerprint density at radius 1 is 1.00 bits per heavy atom. The Morgan fingerprint density at radius 2 is 1.20 bits per heavy atom. The van der Waals surface area contributed by atoms with Crippen LogP contribution in [0.25, 0.3) is 0 Å². The molecule has 0 aliphatic heterocycles. The minimum atomic E-state index is 0.306. The van der Waals surface area contributed by atoms with E-state index in [4.69, 9.17) is 5.11 Å². The Hall–Kier alpha value is -0.0400. The SMILES string of the molecule is CC(C)CO.CCC(C)C. The van der Waals surface area contributed by atoms with Gasteiger partial charge in [-0.15, -0.1) is 0 Å². The van der Waals surface area contributed by atoms with E-state index in [0.717, 1.165) is 5.92 Å². The maximum absolute atomic E-state index is 8.14. The van der Waals surface area contributed by atoms with Gasteiger partial charge in [-0.1, -0.05) is 41.0 Å². The maximum Gasteiger partial charge on any atom is 0.0453 e. The number of hydrogen-bond donors (Lipinski definition) is 1. The van der Waals surface area contributed by atoms with Crippen LogP contribution in [0.1, 0.15) is 41.0 Å². The van der Waals surface area contributed by atoms with E-state index >= 15 is 0 Å². The molecule has 0 atom stereocenters. The lowest BCUT2D eigenvalue weighted by Gasteiger charge is -1.90. The predicted octanol–water partition coefficient (Wildman–Crippen LogP) is 2.69. The normalized spacial score (nSPS) is 9.60. The molecule has 0 rings (SSSR count). The molecule has 0 saturated heterocycles. The summed E-state index contributed by atoms with van der Waals surface area (Å²) in [5, 5.41) is 8.14. The maximum atomic E-state index is 8.14. The average molecular weight is 146 g/mol. The van der Waals surface area contributed by atoms with Gasteiger partial charge >= 0.3 is 0 Å². The van der Waals surface area contributed by atoms with Crippen molar-refractivity contribution >= 4 is 0 Å². The fourth-order valence-corrected chi connectivity index (χ4v) is 0. The molecule has 10 heavy (non-hydrogen) atoms. The highest BCUT2D eigenvalue weighted by molar-refractivity contribution is 4.33. The molecule has 1 heteroatoms. The van der Waals surface area contributed by atoms with Crippen molar-refractivity contribution in [2.24, 2.45) is 11.8 Å². The van der Waals surface area contributed by atoms with Crippen LogP contribution in [0.5, 0.6) is 0 Å². The van der Waals surface area contributed by atoms with E-state index in [2.05, 4.69) is 20.8 Å². The average Bonchev–Trinajstić information content (AvgIpc) is 1.89. The molecule has 0 aromatic heterocycles. The predicted molar refractivity (Wildman–Crippen MR) is 47.1 cm³/mol. The van der Waals surface area contributed by atoms with Crippen molar-refractivity contribution in [1.82, 2.24) is 0 Å². The first-order valence-electron chi connectivity index (χ1n) is 4.15. The van der Waals surface area contributed by atoms with Gasteiger partial charge in [0.05, 0.1) is 0 Å². The minimum Gasteiger partial charge on any atom is -0.396 e. The molecule has 0 heterocycles.